The number of aromatic amines is 1. The maximum Gasteiger partial charge on any atom is 0.323 e. The normalized spacial score (nSPS) is 15.7. The molecule has 0 atom stereocenters. The number of anilines is 1. The minimum absolute atomic E-state index is 0.0397. The van der Waals surface area contributed by atoms with E-state index in [1.807, 2.05) is 18.7 Å². The third kappa shape index (κ3) is 1.95. The molecule has 0 aromatic carbocycles. The third-order valence-electron chi connectivity index (χ3n) is 2.87. The first-order valence-electron chi connectivity index (χ1n) is 5.26. The van der Waals surface area contributed by atoms with Crippen molar-refractivity contribution in [2.75, 3.05) is 18.4 Å². The molecule has 2 rings (SSSR count). The van der Waals surface area contributed by atoms with Crippen LogP contribution >= 0.6 is 0 Å². The standard InChI is InChI=1S/C10H16N4O/c1-7-8(2)12-13-9(7)11-10(15)14-5-3-4-6-14/h3-6H2,1-2H3,(H2,11,12,13,15). The lowest BCUT2D eigenvalue weighted by Gasteiger charge is -2.15. The molecule has 2 heterocycles. The number of likely N-dealkylation sites (tertiary alicyclic amines) is 1. The fourth-order valence-corrected chi connectivity index (χ4v) is 1.71. The summed E-state index contributed by atoms with van der Waals surface area (Å²) in [6, 6.07) is -0.0397. The van der Waals surface area contributed by atoms with E-state index >= 15 is 0 Å². The Morgan fingerprint density at radius 2 is 2.07 bits per heavy atom. The van der Waals surface area contributed by atoms with Gasteiger partial charge in [0.05, 0.1) is 0 Å². The Bertz CT molecular complexity index is 365. The molecule has 2 amide bonds. The second kappa shape index (κ2) is 3.92. The van der Waals surface area contributed by atoms with Crippen molar-refractivity contribution < 1.29 is 4.79 Å². The van der Waals surface area contributed by atoms with Gasteiger partial charge in [-0.2, -0.15) is 5.10 Å². The average molecular weight is 208 g/mol. The van der Waals surface area contributed by atoms with Crippen molar-refractivity contribution in [2.24, 2.45) is 0 Å². The van der Waals surface area contributed by atoms with Gasteiger partial charge < -0.3 is 4.90 Å². The molecular weight excluding hydrogens is 192 g/mol. The lowest BCUT2D eigenvalue weighted by molar-refractivity contribution is 0.222. The molecule has 0 aliphatic carbocycles. The molecular formula is C10H16N4O. The van der Waals surface area contributed by atoms with Gasteiger partial charge in [-0.25, -0.2) is 4.79 Å². The number of rotatable bonds is 1. The predicted molar refractivity (Wildman–Crippen MR) is 57.9 cm³/mol. The van der Waals surface area contributed by atoms with Crippen molar-refractivity contribution in [1.29, 1.82) is 0 Å². The highest BCUT2D eigenvalue weighted by Crippen LogP contribution is 2.15. The Labute approximate surface area is 88.8 Å². The zero-order valence-corrected chi connectivity index (χ0v) is 9.13. The number of hydrogen-bond acceptors (Lipinski definition) is 2. The number of H-pyrrole nitrogens is 1. The van der Waals surface area contributed by atoms with Gasteiger partial charge in [0.2, 0.25) is 0 Å². The van der Waals surface area contributed by atoms with Gasteiger partial charge >= 0.3 is 6.03 Å². The summed E-state index contributed by atoms with van der Waals surface area (Å²) in [5, 5.41) is 9.71. The molecule has 1 aromatic rings. The van der Waals surface area contributed by atoms with Gasteiger partial charge in [0, 0.05) is 24.3 Å². The number of urea groups is 1. The third-order valence-corrected chi connectivity index (χ3v) is 2.87. The minimum Gasteiger partial charge on any atom is -0.324 e. The van der Waals surface area contributed by atoms with Crippen molar-refractivity contribution in [3.8, 4) is 0 Å². The van der Waals surface area contributed by atoms with Crippen molar-refractivity contribution in [3.05, 3.63) is 11.3 Å². The van der Waals surface area contributed by atoms with E-state index in [1.54, 1.807) is 0 Å². The second-order valence-corrected chi connectivity index (χ2v) is 3.95. The largest absolute Gasteiger partial charge is 0.324 e. The second-order valence-electron chi connectivity index (χ2n) is 3.95. The molecule has 0 radical (unpaired) electrons. The van der Waals surface area contributed by atoms with Crippen molar-refractivity contribution in [2.45, 2.75) is 26.7 Å². The zero-order valence-electron chi connectivity index (χ0n) is 9.13. The summed E-state index contributed by atoms with van der Waals surface area (Å²) in [4.78, 5) is 13.6. The van der Waals surface area contributed by atoms with Gasteiger partial charge in [-0.15, -0.1) is 0 Å². The minimum atomic E-state index is -0.0397. The van der Waals surface area contributed by atoms with Gasteiger partial charge in [-0.05, 0) is 26.7 Å². The number of aryl methyl sites for hydroxylation is 1. The zero-order chi connectivity index (χ0) is 10.8. The van der Waals surface area contributed by atoms with E-state index in [1.165, 1.54) is 0 Å². The lowest BCUT2D eigenvalue weighted by atomic mass is 10.3. The van der Waals surface area contributed by atoms with Gasteiger partial charge in [0.25, 0.3) is 0 Å². The topological polar surface area (TPSA) is 61.0 Å². The monoisotopic (exact) mass is 208 g/mol. The van der Waals surface area contributed by atoms with Crippen LogP contribution in [0.25, 0.3) is 0 Å². The number of carbonyl (C=O) groups excluding carboxylic acids is 1. The van der Waals surface area contributed by atoms with Gasteiger partial charge in [0.15, 0.2) is 5.82 Å². The summed E-state index contributed by atoms with van der Waals surface area (Å²) < 4.78 is 0. The van der Waals surface area contributed by atoms with Crippen molar-refractivity contribution in [3.63, 3.8) is 0 Å². The smallest absolute Gasteiger partial charge is 0.323 e. The fourth-order valence-electron chi connectivity index (χ4n) is 1.71. The van der Waals surface area contributed by atoms with Crippen molar-refractivity contribution >= 4 is 11.8 Å². The summed E-state index contributed by atoms with van der Waals surface area (Å²) in [5.41, 5.74) is 1.99. The Kier molecular flexibility index (Phi) is 2.62. The lowest BCUT2D eigenvalue weighted by Crippen LogP contribution is -2.32. The molecule has 1 aliphatic heterocycles. The number of carbonyl (C=O) groups is 1. The highest BCUT2D eigenvalue weighted by atomic mass is 16.2. The first-order valence-corrected chi connectivity index (χ1v) is 5.26. The Balaban J connectivity index is 2.02. The van der Waals surface area contributed by atoms with E-state index in [4.69, 9.17) is 0 Å². The molecule has 5 nitrogen and oxygen atoms in total. The number of aromatic nitrogens is 2. The molecule has 1 aromatic heterocycles. The number of hydrogen-bond donors (Lipinski definition) is 2. The van der Waals surface area contributed by atoms with E-state index in [2.05, 4.69) is 15.5 Å². The molecule has 2 N–H and O–H groups in total. The SMILES string of the molecule is Cc1[nH]nc(NC(=O)N2CCCC2)c1C. The Morgan fingerprint density at radius 3 is 2.60 bits per heavy atom. The molecule has 1 fully saturated rings. The quantitative estimate of drug-likeness (QED) is 0.737. The van der Waals surface area contributed by atoms with Crippen LogP contribution in [0.5, 0.6) is 0 Å². The molecule has 1 saturated heterocycles. The highest BCUT2D eigenvalue weighted by molar-refractivity contribution is 5.89. The van der Waals surface area contributed by atoms with E-state index in [-0.39, 0.29) is 6.03 Å². The predicted octanol–water partition coefficient (Wildman–Crippen LogP) is 1.65. The molecule has 0 saturated carbocycles. The molecule has 0 unspecified atom stereocenters. The molecule has 5 heteroatoms. The summed E-state index contributed by atoms with van der Waals surface area (Å²) >= 11 is 0. The van der Waals surface area contributed by atoms with Gasteiger partial charge in [0.1, 0.15) is 0 Å². The van der Waals surface area contributed by atoms with Crippen LogP contribution in [0.15, 0.2) is 0 Å². The van der Waals surface area contributed by atoms with Crippen LogP contribution in [0.4, 0.5) is 10.6 Å². The van der Waals surface area contributed by atoms with Crippen LogP contribution in [0.3, 0.4) is 0 Å². The Hall–Kier alpha value is -1.52. The van der Waals surface area contributed by atoms with E-state index in [9.17, 15) is 4.79 Å². The summed E-state index contributed by atoms with van der Waals surface area (Å²) in [7, 11) is 0. The van der Waals surface area contributed by atoms with E-state index < -0.39 is 0 Å². The van der Waals surface area contributed by atoms with Crippen LogP contribution in [-0.4, -0.2) is 34.2 Å². The summed E-state index contributed by atoms with van der Waals surface area (Å²) in [6.07, 6.45) is 2.21. The van der Waals surface area contributed by atoms with Gasteiger partial charge in [-0.3, -0.25) is 10.4 Å². The summed E-state index contributed by atoms with van der Waals surface area (Å²) in [6.45, 7) is 5.59. The van der Waals surface area contributed by atoms with Crippen molar-refractivity contribution in [1.82, 2.24) is 15.1 Å². The van der Waals surface area contributed by atoms with Crippen LogP contribution in [0.1, 0.15) is 24.1 Å². The first kappa shape index (κ1) is 10.0. The van der Waals surface area contributed by atoms with Crippen LogP contribution in [0, 0.1) is 13.8 Å². The van der Waals surface area contributed by atoms with E-state index in [0.717, 1.165) is 37.2 Å². The number of nitrogens with one attached hydrogen (secondary N) is 2. The molecule has 0 bridgehead atoms. The molecule has 82 valence electrons. The maximum atomic E-state index is 11.7. The number of nitrogens with zero attached hydrogens (tertiary/aromatic N) is 2. The van der Waals surface area contributed by atoms with Crippen LogP contribution in [0.2, 0.25) is 0 Å². The Morgan fingerprint density at radius 1 is 1.40 bits per heavy atom. The highest BCUT2D eigenvalue weighted by Gasteiger charge is 2.19. The average Bonchev–Trinajstić information content (AvgIpc) is 2.83. The first-order chi connectivity index (χ1) is 7.18. The molecule has 1 aliphatic rings. The van der Waals surface area contributed by atoms with Crippen LogP contribution in [-0.2, 0) is 0 Å². The van der Waals surface area contributed by atoms with Gasteiger partial charge in [-0.1, -0.05) is 0 Å². The molecule has 0 spiro atoms. The molecule has 15 heavy (non-hydrogen) atoms. The van der Waals surface area contributed by atoms with E-state index in [0.29, 0.717) is 5.82 Å². The summed E-state index contributed by atoms with van der Waals surface area (Å²) in [5.74, 6) is 0.643. The number of amides is 2. The van der Waals surface area contributed by atoms with Crippen LogP contribution < -0.4 is 5.32 Å². The maximum absolute atomic E-state index is 11.7. The fraction of sp³-hybridized carbons (Fsp3) is 0.600.